The molecule has 0 aromatic rings. The van der Waals surface area contributed by atoms with E-state index in [-0.39, 0.29) is 23.0 Å². The second-order valence-electron chi connectivity index (χ2n) is 4.82. The van der Waals surface area contributed by atoms with E-state index in [2.05, 4.69) is 0 Å². The fourth-order valence-corrected chi connectivity index (χ4v) is 1.77. The van der Waals surface area contributed by atoms with Gasteiger partial charge in [-0.2, -0.15) is 0 Å². The number of aliphatic hydroxyl groups is 1. The highest BCUT2D eigenvalue weighted by atomic mass is 16.6. The third-order valence-corrected chi connectivity index (χ3v) is 3.44. The number of methoxy groups -OCH3 is 1. The summed E-state index contributed by atoms with van der Waals surface area (Å²) >= 11 is 0. The van der Waals surface area contributed by atoms with Crippen LogP contribution in [0.25, 0.3) is 0 Å². The number of hydrogen-bond donors (Lipinski definition) is 1. The summed E-state index contributed by atoms with van der Waals surface area (Å²) < 4.78 is 10.4. The van der Waals surface area contributed by atoms with Crippen molar-refractivity contribution in [2.24, 2.45) is 5.92 Å². The normalized spacial score (nSPS) is 24.9. The maximum Gasteiger partial charge on any atom is 0.310 e. The number of allylic oxidation sites excluding steroid dienone is 1. The number of carbonyl (C=O) groups excluding carboxylic acids is 2. The molecule has 0 heterocycles. The van der Waals surface area contributed by atoms with Crippen LogP contribution in [0.15, 0.2) is 23.2 Å². The van der Waals surface area contributed by atoms with E-state index >= 15 is 0 Å². The third-order valence-electron chi connectivity index (χ3n) is 3.44. The van der Waals surface area contributed by atoms with Crippen LogP contribution in [0.4, 0.5) is 0 Å². The lowest BCUT2D eigenvalue weighted by atomic mass is 9.87. The van der Waals surface area contributed by atoms with Gasteiger partial charge in [0.25, 0.3) is 0 Å². The van der Waals surface area contributed by atoms with Crippen molar-refractivity contribution >= 4 is 11.8 Å². The SMILES string of the molecule is CC[C@H](C)C(=O)O[C@@]1(C)C(=O)C(C)=C(O)C=C1OC. The molecule has 5 nitrogen and oxygen atoms in total. The fraction of sp³-hybridized carbons (Fsp3) is 0.571. The monoisotopic (exact) mass is 268 g/mol. The molecule has 0 bridgehead atoms. The first-order valence-electron chi connectivity index (χ1n) is 6.21. The number of carbonyl (C=O) groups is 2. The minimum absolute atomic E-state index is 0.122. The molecule has 0 saturated heterocycles. The number of ketones is 1. The van der Waals surface area contributed by atoms with E-state index in [0.717, 1.165) is 0 Å². The van der Waals surface area contributed by atoms with Gasteiger partial charge in [-0.25, -0.2) is 0 Å². The second kappa shape index (κ2) is 5.47. The average Bonchev–Trinajstić information content (AvgIpc) is 2.39. The van der Waals surface area contributed by atoms with E-state index in [1.807, 2.05) is 6.92 Å². The molecule has 2 atom stereocenters. The highest BCUT2D eigenvalue weighted by molar-refractivity contribution is 6.06. The van der Waals surface area contributed by atoms with Gasteiger partial charge in [-0.1, -0.05) is 13.8 Å². The van der Waals surface area contributed by atoms with Crippen LogP contribution < -0.4 is 0 Å². The topological polar surface area (TPSA) is 72.8 Å². The third kappa shape index (κ3) is 2.64. The van der Waals surface area contributed by atoms with Gasteiger partial charge in [0.05, 0.1) is 13.0 Å². The molecule has 106 valence electrons. The number of Topliss-reactive ketones (excluding diaryl/α,β-unsaturated/α-hetero) is 1. The molecule has 0 fully saturated rings. The Morgan fingerprint density at radius 1 is 1.53 bits per heavy atom. The van der Waals surface area contributed by atoms with E-state index in [0.29, 0.717) is 6.42 Å². The van der Waals surface area contributed by atoms with Gasteiger partial charge >= 0.3 is 5.97 Å². The summed E-state index contributed by atoms with van der Waals surface area (Å²) in [7, 11) is 1.36. The molecule has 1 N–H and O–H groups in total. The van der Waals surface area contributed by atoms with Crippen molar-refractivity contribution in [2.75, 3.05) is 7.11 Å². The zero-order valence-electron chi connectivity index (χ0n) is 11.9. The van der Waals surface area contributed by atoms with E-state index < -0.39 is 17.4 Å². The Labute approximate surface area is 112 Å². The number of ether oxygens (including phenoxy) is 2. The zero-order chi connectivity index (χ0) is 14.8. The molecular weight excluding hydrogens is 248 g/mol. The van der Waals surface area contributed by atoms with E-state index in [9.17, 15) is 14.7 Å². The van der Waals surface area contributed by atoms with Crippen LogP contribution in [0.2, 0.25) is 0 Å². The zero-order valence-corrected chi connectivity index (χ0v) is 11.9. The molecule has 1 aliphatic carbocycles. The standard InChI is InChI=1S/C14H20O5/c1-6-8(2)13(17)19-14(4)11(18-5)7-10(15)9(3)12(14)16/h7-8,15H,6H2,1-5H3/t8-,14+/m0/s1. The van der Waals surface area contributed by atoms with E-state index in [1.54, 1.807) is 6.92 Å². The van der Waals surface area contributed by atoms with Gasteiger partial charge in [0, 0.05) is 11.6 Å². The van der Waals surface area contributed by atoms with Gasteiger partial charge in [0.2, 0.25) is 11.4 Å². The molecule has 0 unspecified atom stereocenters. The van der Waals surface area contributed by atoms with Crippen molar-refractivity contribution < 1.29 is 24.2 Å². The van der Waals surface area contributed by atoms with Crippen molar-refractivity contribution in [1.82, 2.24) is 0 Å². The molecule has 0 aromatic carbocycles. The number of rotatable bonds is 4. The van der Waals surface area contributed by atoms with Gasteiger partial charge in [-0.3, -0.25) is 9.59 Å². The summed E-state index contributed by atoms with van der Waals surface area (Å²) in [6, 6.07) is 0. The van der Waals surface area contributed by atoms with Crippen LogP contribution in [-0.2, 0) is 19.1 Å². The maximum absolute atomic E-state index is 12.3. The highest BCUT2D eigenvalue weighted by Crippen LogP contribution is 2.33. The summed E-state index contributed by atoms with van der Waals surface area (Å²) in [6.45, 7) is 6.55. The molecule has 0 aliphatic heterocycles. The fourth-order valence-electron chi connectivity index (χ4n) is 1.77. The molecule has 19 heavy (non-hydrogen) atoms. The van der Waals surface area contributed by atoms with Crippen molar-refractivity contribution in [3.05, 3.63) is 23.2 Å². The van der Waals surface area contributed by atoms with Crippen molar-refractivity contribution in [3.8, 4) is 0 Å². The molecular formula is C14H20O5. The lowest BCUT2D eigenvalue weighted by molar-refractivity contribution is -0.167. The van der Waals surface area contributed by atoms with E-state index in [1.165, 1.54) is 27.0 Å². The molecule has 0 radical (unpaired) electrons. The Bertz CT molecular complexity index is 460. The maximum atomic E-state index is 12.3. The predicted octanol–water partition coefficient (Wildman–Crippen LogP) is 2.28. The smallest absolute Gasteiger partial charge is 0.310 e. The Balaban J connectivity index is 3.13. The first-order chi connectivity index (χ1) is 8.77. The minimum atomic E-state index is -1.51. The summed E-state index contributed by atoms with van der Waals surface area (Å²) in [5.74, 6) is -1.28. The summed E-state index contributed by atoms with van der Waals surface area (Å²) in [5, 5.41) is 9.63. The quantitative estimate of drug-likeness (QED) is 0.792. The first kappa shape index (κ1) is 15.3. The molecule has 0 spiro atoms. The van der Waals surface area contributed by atoms with Crippen LogP contribution in [-0.4, -0.2) is 29.6 Å². The van der Waals surface area contributed by atoms with Gasteiger partial charge < -0.3 is 14.6 Å². The van der Waals surface area contributed by atoms with E-state index in [4.69, 9.17) is 9.47 Å². The van der Waals surface area contributed by atoms with Crippen LogP contribution in [0.3, 0.4) is 0 Å². The number of hydrogen-bond acceptors (Lipinski definition) is 5. The Hall–Kier alpha value is -1.78. The highest BCUT2D eigenvalue weighted by Gasteiger charge is 2.46. The number of esters is 1. The van der Waals surface area contributed by atoms with Crippen molar-refractivity contribution in [2.45, 2.75) is 39.7 Å². The average molecular weight is 268 g/mol. The van der Waals surface area contributed by atoms with Crippen LogP contribution in [0.1, 0.15) is 34.1 Å². The Morgan fingerprint density at radius 3 is 2.58 bits per heavy atom. The first-order valence-corrected chi connectivity index (χ1v) is 6.21. The van der Waals surface area contributed by atoms with Gasteiger partial charge in [0.15, 0.2) is 5.76 Å². The molecule has 1 aliphatic rings. The van der Waals surface area contributed by atoms with Crippen molar-refractivity contribution in [1.29, 1.82) is 0 Å². The summed E-state index contributed by atoms with van der Waals surface area (Å²) in [6.07, 6.45) is 1.93. The number of aliphatic hydroxyl groups excluding tert-OH is 1. The lowest BCUT2D eigenvalue weighted by Gasteiger charge is -2.33. The van der Waals surface area contributed by atoms with Gasteiger partial charge in [-0.15, -0.1) is 0 Å². The minimum Gasteiger partial charge on any atom is -0.507 e. The van der Waals surface area contributed by atoms with Crippen LogP contribution in [0.5, 0.6) is 0 Å². The van der Waals surface area contributed by atoms with Crippen molar-refractivity contribution in [3.63, 3.8) is 0 Å². The molecule has 0 amide bonds. The van der Waals surface area contributed by atoms with Gasteiger partial charge in [-0.05, 0) is 20.3 Å². The molecule has 1 rings (SSSR count). The molecule has 0 saturated carbocycles. The summed E-state index contributed by atoms with van der Waals surface area (Å²) in [5.41, 5.74) is -1.36. The Kier molecular flexibility index (Phi) is 4.39. The molecule has 5 heteroatoms. The largest absolute Gasteiger partial charge is 0.507 e. The Morgan fingerprint density at radius 2 is 2.11 bits per heavy atom. The predicted molar refractivity (Wildman–Crippen MR) is 69.4 cm³/mol. The van der Waals surface area contributed by atoms with Crippen LogP contribution in [0, 0.1) is 5.92 Å². The lowest BCUT2D eigenvalue weighted by Crippen LogP contribution is -2.46. The van der Waals surface area contributed by atoms with Crippen LogP contribution >= 0.6 is 0 Å². The summed E-state index contributed by atoms with van der Waals surface area (Å²) in [4.78, 5) is 24.2. The molecule has 0 aromatic heterocycles. The van der Waals surface area contributed by atoms with Gasteiger partial charge in [0.1, 0.15) is 5.76 Å². The second-order valence-corrected chi connectivity index (χ2v) is 4.82.